The Balaban J connectivity index is 0.00000264. The van der Waals surface area contributed by atoms with Gasteiger partial charge < -0.3 is 15.5 Å². The number of halogens is 2. The van der Waals surface area contributed by atoms with Crippen LogP contribution in [0.25, 0.3) is 11.3 Å². The average Bonchev–Trinajstić information content (AvgIpc) is 2.92. The Morgan fingerprint density at radius 3 is 2.58 bits per heavy atom. The van der Waals surface area contributed by atoms with Gasteiger partial charge in [-0.3, -0.25) is 4.79 Å². The van der Waals surface area contributed by atoms with Crippen molar-refractivity contribution in [3.8, 4) is 11.3 Å². The number of nitrogens with two attached hydrogens (primary N) is 1. The maximum Gasteiger partial charge on any atom is 0.220 e. The molecule has 134 valence electrons. The van der Waals surface area contributed by atoms with Gasteiger partial charge in [0.25, 0.3) is 0 Å². The molecule has 7 heteroatoms. The van der Waals surface area contributed by atoms with Gasteiger partial charge >= 0.3 is 0 Å². The number of rotatable bonds is 7. The molecule has 1 aromatic carbocycles. The van der Waals surface area contributed by atoms with Gasteiger partial charge in [-0.15, -0.1) is 24.8 Å². The normalized spacial score (nSPS) is 11.1. The second-order valence-corrected chi connectivity index (χ2v) is 5.53. The van der Waals surface area contributed by atoms with E-state index < -0.39 is 0 Å². The number of benzene rings is 1. The van der Waals surface area contributed by atoms with E-state index in [-0.39, 0.29) is 36.6 Å². The fourth-order valence-corrected chi connectivity index (χ4v) is 2.10. The van der Waals surface area contributed by atoms with Crippen LogP contribution in [0.2, 0.25) is 0 Å². The summed E-state index contributed by atoms with van der Waals surface area (Å²) in [5.41, 5.74) is 7.37. The SMILES string of the molecule is Cc1nc(CCC(=O)NCC(C)CN)oc1-c1ccccc1.Cl.Cl. The maximum atomic E-state index is 11.8. The van der Waals surface area contributed by atoms with Gasteiger partial charge in [0.05, 0.1) is 5.69 Å². The monoisotopic (exact) mass is 373 g/mol. The number of hydrogen-bond acceptors (Lipinski definition) is 4. The van der Waals surface area contributed by atoms with Crippen LogP contribution in [-0.2, 0) is 11.2 Å². The number of oxazole rings is 1. The Morgan fingerprint density at radius 1 is 1.29 bits per heavy atom. The standard InChI is InChI=1S/C17H23N3O2.2ClH/c1-12(10-18)11-19-15(21)8-9-16-20-13(2)17(22-16)14-6-4-3-5-7-14;;/h3-7,12H,8-11,18H2,1-2H3,(H,19,21);2*1H. The first-order chi connectivity index (χ1) is 10.6. The number of aromatic nitrogens is 1. The largest absolute Gasteiger partial charge is 0.440 e. The molecule has 0 saturated carbocycles. The third-order valence-electron chi connectivity index (χ3n) is 3.49. The van der Waals surface area contributed by atoms with E-state index in [1.807, 2.05) is 44.2 Å². The van der Waals surface area contributed by atoms with Gasteiger partial charge in [-0.05, 0) is 19.4 Å². The van der Waals surface area contributed by atoms with E-state index in [9.17, 15) is 4.79 Å². The number of hydrogen-bond donors (Lipinski definition) is 2. The number of carbonyl (C=O) groups is 1. The van der Waals surface area contributed by atoms with Crippen molar-refractivity contribution in [3.05, 3.63) is 41.9 Å². The van der Waals surface area contributed by atoms with Crippen molar-refractivity contribution in [1.82, 2.24) is 10.3 Å². The Bertz CT molecular complexity index is 618. The molecule has 0 aliphatic rings. The van der Waals surface area contributed by atoms with Gasteiger partial charge in [0.2, 0.25) is 5.91 Å². The molecule has 2 rings (SSSR count). The highest BCUT2D eigenvalue weighted by Gasteiger charge is 2.13. The molecular formula is C17H25Cl2N3O2. The summed E-state index contributed by atoms with van der Waals surface area (Å²) in [4.78, 5) is 16.2. The molecule has 3 N–H and O–H groups in total. The highest BCUT2D eigenvalue weighted by molar-refractivity contribution is 5.85. The molecule has 0 fully saturated rings. The topological polar surface area (TPSA) is 81.2 Å². The molecule has 0 radical (unpaired) electrons. The first kappa shape index (κ1) is 22.4. The van der Waals surface area contributed by atoms with Crippen molar-refractivity contribution in [2.75, 3.05) is 13.1 Å². The van der Waals surface area contributed by atoms with Crippen molar-refractivity contribution in [2.45, 2.75) is 26.7 Å². The molecule has 0 saturated heterocycles. The smallest absolute Gasteiger partial charge is 0.220 e. The molecule has 0 aliphatic heterocycles. The van der Waals surface area contributed by atoms with Crippen molar-refractivity contribution in [3.63, 3.8) is 0 Å². The summed E-state index contributed by atoms with van der Waals surface area (Å²) in [6, 6.07) is 9.85. The van der Waals surface area contributed by atoms with Crippen LogP contribution >= 0.6 is 24.8 Å². The number of nitrogens with zero attached hydrogens (tertiary/aromatic N) is 1. The Morgan fingerprint density at radius 2 is 1.96 bits per heavy atom. The lowest BCUT2D eigenvalue weighted by Gasteiger charge is -2.09. The highest BCUT2D eigenvalue weighted by Crippen LogP contribution is 2.24. The number of aryl methyl sites for hydroxylation is 2. The lowest BCUT2D eigenvalue weighted by molar-refractivity contribution is -0.121. The molecule has 24 heavy (non-hydrogen) atoms. The predicted molar refractivity (Wildman–Crippen MR) is 101 cm³/mol. The molecule has 0 aliphatic carbocycles. The molecular weight excluding hydrogens is 349 g/mol. The highest BCUT2D eigenvalue weighted by atomic mass is 35.5. The first-order valence-electron chi connectivity index (χ1n) is 7.58. The summed E-state index contributed by atoms with van der Waals surface area (Å²) in [6.45, 7) is 5.09. The van der Waals surface area contributed by atoms with Crippen molar-refractivity contribution < 1.29 is 9.21 Å². The number of nitrogens with one attached hydrogen (secondary N) is 1. The van der Waals surface area contributed by atoms with Crippen molar-refractivity contribution >= 4 is 30.7 Å². The Kier molecular flexibility index (Phi) is 10.4. The van der Waals surface area contributed by atoms with Gasteiger partial charge in [-0.25, -0.2) is 4.98 Å². The van der Waals surface area contributed by atoms with Gasteiger partial charge in [-0.1, -0.05) is 37.3 Å². The van der Waals surface area contributed by atoms with Crippen LogP contribution in [0.4, 0.5) is 0 Å². The molecule has 1 amide bonds. The van der Waals surface area contributed by atoms with Crippen LogP contribution < -0.4 is 11.1 Å². The minimum absolute atomic E-state index is 0. The third kappa shape index (κ3) is 6.51. The maximum absolute atomic E-state index is 11.8. The first-order valence-corrected chi connectivity index (χ1v) is 7.58. The Hall–Kier alpha value is -1.56. The summed E-state index contributed by atoms with van der Waals surface area (Å²) in [6.07, 6.45) is 0.863. The number of amides is 1. The summed E-state index contributed by atoms with van der Waals surface area (Å²) < 4.78 is 5.79. The zero-order valence-electron chi connectivity index (χ0n) is 14.0. The molecule has 5 nitrogen and oxygen atoms in total. The minimum Gasteiger partial charge on any atom is -0.440 e. The third-order valence-corrected chi connectivity index (χ3v) is 3.49. The summed E-state index contributed by atoms with van der Waals surface area (Å²) in [5.74, 6) is 1.65. The Labute approximate surface area is 155 Å². The van der Waals surface area contributed by atoms with Crippen LogP contribution in [0, 0.1) is 12.8 Å². The molecule has 2 aromatic rings. The molecule has 1 heterocycles. The van der Waals surface area contributed by atoms with Gasteiger partial charge in [0, 0.05) is 24.9 Å². The zero-order valence-corrected chi connectivity index (χ0v) is 15.6. The molecule has 1 atom stereocenters. The van der Waals surface area contributed by atoms with Crippen molar-refractivity contribution in [1.29, 1.82) is 0 Å². The minimum atomic E-state index is -0.00239. The van der Waals surface area contributed by atoms with E-state index in [2.05, 4.69) is 10.3 Å². The van der Waals surface area contributed by atoms with Gasteiger partial charge in [0.15, 0.2) is 11.7 Å². The van der Waals surface area contributed by atoms with Crippen LogP contribution in [0.3, 0.4) is 0 Å². The average molecular weight is 374 g/mol. The lowest BCUT2D eigenvalue weighted by Crippen LogP contribution is -2.31. The van der Waals surface area contributed by atoms with E-state index >= 15 is 0 Å². The quantitative estimate of drug-likeness (QED) is 0.780. The van der Waals surface area contributed by atoms with E-state index in [0.717, 1.165) is 17.0 Å². The van der Waals surface area contributed by atoms with E-state index in [1.54, 1.807) is 0 Å². The van der Waals surface area contributed by atoms with E-state index in [4.69, 9.17) is 10.2 Å². The summed E-state index contributed by atoms with van der Waals surface area (Å²) in [5, 5.41) is 2.87. The lowest BCUT2D eigenvalue weighted by atomic mass is 10.1. The van der Waals surface area contributed by atoms with E-state index in [1.165, 1.54) is 0 Å². The van der Waals surface area contributed by atoms with Crippen LogP contribution in [0.1, 0.15) is 24.9 Å². The molecule has 1 unspecified atom stereocenters. The van der Waals surface area contributed by atoms with Crippen LogP contribution in [-0.4, -0.2) is 24.0 Å². The second kappa shape index (κ2) is 11.1. The molecule has 1 aromatic heterocycles. The van der Waals surface area contributed by atoms with E-state index in [0.29, 0.717) is 31.8 Å². The van der Waals surface area contributed by atoms with Crippen LogP contribution in [0.15, 0.2) is 34.7 Å². The predicted octanol–water partition coefficient (Wildman–Crippen LogP) is 3.14. The van der Waals surface area contributed by atoms with Crippen LogP contribution in [0.5, 0.6) is 0 Å². The number of carbonyl (C=O) groups excluding carboxylic acids is 1. The fourth-order valence-electron chi connectivity index (χ4n) is 2.10. The zero-order chi connectivity index (χ0) is 15.9. The fraction of sp³-hybridized carbons (Fsp3) is 0.412. The second-order valence-electron chi connectivity index (χ2n) is 5.53. The molecule has 0 spiro atoms. The molecule has 0 bridgehead atoms. The van der Waals surface area contributed by atoms with Gasteiger partial charge in [-0.2, -0.15) is 0 Å². The summed E-state index contributed by atoms with van der Waals surface area (Å²) >= 11 is 0. The summed E-state index contributed by atoms with van der Waals surface area (Å²) in [7, 11) is 0. The van der Waals surface area contributed by atoms with Gasteiger partial charge in [0.1, 0.15) is 0 Å². The van der Waals surface area contributed by atoms with Crippen molar-refractivity contribution in [2.24, 2.45) is 11.7 Å².